The summed E-state index contributed by atoms with van der Waals surface area (Å²) in [4.78, 5) is 14.4. The average molecular weight is 350 g/mol. The second-order valence-electron chi connectivity index (χ2n) is 9.83. The molecule has 25 heavy (non-hydrogen) atoms. The Morgan fingerprint density at radius 3 is 2.64 bits per heavy atom. The minimum Gasteiger partial charge on any atom is -0.393 e. The molecular formula is C21H35NO3. The van der Waals surface area contributed by atoms with E-state index in [9.17, 15) is 15.0 Å². The van der Waals surface area contributed by atoms with Crippen LogP contribution in [0.15, 0.2) is 0 Å². The van der Waals surface area contributed by atoms with Gasteiger partial charge in [-0.05, 0) is 93.8 Å². The van der Waals surface area contributed by atoms with Crippen molar-refractivity contribution < 1.29 is 15.0 Å². The Hall–Kier alpha value is -0.610. The van der Waals surface area contributed by atoms with Gasteiger partial charge in [0.2, 0.25) is 5.91 Å². The van der Waals surface area contributed by atoms with Gasteiger partial charge in [-0.25, -0.2) is 0 Å². The largest absolute Gasteiger partial charge is 0.393 e. The zero-order chi connectivity index (χ0) is 17.8. The molecule has 4 nitrogen and oxygen atoms in total. The van der Waals surface area contributed by atoms with E-state index in [-0.39, 0.29) is 24.2 Å². The summed E-state index contributed by atoms with van der Waals surface area (Å²) < 4.78 is 0. The number of hydrogen-bond donors (Lipinski definition) is 2. The van der Waals surface area contributed by atoms with E-state index in [4.69, 9.17) is 0 Å². The Morgan fingerprint density at radius 1 is 1.08 bits per heavy atom. The van der Waals surface area contributed by atoms with Crippen molar-refractivity contribution in [3.63, 3.8) is 0 Å². The fraction of sp³-hybridized carbons (Fsp3) is 0.952. The van der Waals surface area contributed by atoms with Crippen molar-refractivity contribution in [2.24, 2.45) is 29.1 Å². The number of nitrogens with zero attached hydrogens (tertiary/aromatic N) is 1. The first-order valence-electron chi connectivity index (χ1n) is 10.5. The van der Waals surface area contributed by atoms with E-state index in [1.165, 1.54) is 32.1 Å². The molecule has 0 unspecified atom stereocenters. The number of rotatable bonds is 1. The monoisotopic (exact) mass is 349 g/mol. The minimum atomic E-state index is -0.353. The van der Waals surface area contributed by atoms with Crippen molar-refractivity contribution in [2.75, 3.05) is 13.2 Å². The van der Waals surface area contributed by atoms with E-state index in [1.807, 2.05) is 4.90 Å². The molecule has 0 aromatic rings. The maximum Gasteiger partial charge on any atom is 0.248 e. The molecule has 0 aromatic heterocycles. The van der Waals surface area contributed by atoms with E-state index >= 15 is 0 Å². The molecule has 142 valence electrons. The summed E-state index contributed by atoms with van der Waals surface area (Å²) in [5.41, 5.74) is 0.323. The number of carbonyl (C=O) groups is 1. The summed E-state index contributed by atoms with van der Waals surface area (Å²) in [7, 11) is 0. The highest BCUT2D eigenvalue weighted by atomic mass is 16.3. The number of amides is 1. The first kappa shape index (κ1) is 17.8. The van der Waals surface area contributed by atoms with Gasteiger partial charge >= 0.3 is 0 Å². The highest BCUT2D eigenvalue weighted by molar-refractivity contribution is 5.78. The number of aliphatic hydroxyl groups is 2. The highest BCUT2D eigenvalue weighted by Gasteiger charge is 2.59. The van der Waals surface area contributed by atoms with Crippen molar-refractivity contribution in [3.8, 4) is 0 Å². The van der Waals surface area contributed by atoms with Gasteiger partial charge in [0.05, 0.1) is 6.10 Å². The maximum atomic E-state index is 12.4. The summed E-state index contributed by atoms with van der Waals surface area (Å²) in [5, 5.41) is 19.6. The second kappa shape index (κ2) is 6.23. The van der Waals surface area contributed by atoms with Crippen LogP contribution in [-0.4, -0.2) is 45.8 Å². The average Bonchev–Trinajstić information content (AvgIpc) is 2.60. The SMILES string of the molecule is C[C@]12CC[C@@H](O)C[C@H]1CC[C@@H]1[C@@H]2CC[C@@]2(C)[C@H]1CCCN2C(=O)CO. The Bertz CT molecular complexity index is 537. The number of fused-ring (bicyclic) bond motifs is 5. The number of carbonyl (C=O) groups excluding carboxylic acids is 1. The summed E-state index contributed by atoms with van der Waals surface area (Å²) in [6.45, 7) is 5.26. The zero-order valence-corrected chi connectivity index (χ0v) is 15.9. The van der Waals surface area contributed by atoms with Gasteiger partial charge < -0.3 is 15.1 Å². The molecule has 0 spiro atoms. The number of likely N-dealkylation sites (tertiary alicyclic amines) is 1. The molecule has 3 saturated carbocycles. The minimum absolute atomic E-state index is 0.0589. The van der Waals surface area contributed by atoms with E-state index in [0.29, 0.717) is 23.2 Å². The van der Waals surface area contributed by atoms with E-state index in [2.05, 4.69) is 13.8 Å². The van der Waals surface area contributed by atoms with Crippen LogP contribution >= 0.6 is 0 Å². The molecule has 4 heteroatoms. The third-order valence-corrected chi connectivity index (χ3v) is 8.94. The fourth-order valence-electron chi connectivity index (χ4n) is 7.62. The van der Waals surface area contributed by atoms with Crippen LogP contribution in [0.3, 0.4) is 0 Å². The number of aliphatic hydroxyl groups excluding tert-OH is 2. The molecule has 1 saturated heterocycles. The van der Waals surface area contributed by atoms with Crippen molar-refractivity contribution in [1.29, 1.82) is 0 Å². The standard InChI is InChI=1S/C21H35NO3/c1-20-9-7-15(24)12-14(20)5-6-16-17(20)8-10-21(2)18(16)4-3-11-22(21)19(25)13-23/h14-18,23-24H,3-13H2,1-2H3/t14-,15-,16-,17+,18+,20+,21+/m1/s1. The van der Waals surface area contributed by atoms with Gasteiger partial charge in [-0.2, -0.15) is 0 Å². The summed E-state index contributed by atoms with van der Waals surface area (Å²) in [6, 6.07) is 0. The van der Waals surface area contributed by atoms with Crippen LogP contribution < -0.4 is 0 Å². The molecular weight excluding hydrogens is 314 g/mol. The molecule has 1 aliphatic heterocycles. The molecule has 0 aromatic carbocycles. The van der Waals surface area contributed by atoms with Crippen molar-refractivity contribution >= 4 is 5.91 Å². The zero-order valence-electron chi connectivity index (χ0n) is 15.9. The Labute approximate surface area is 152 Å². The normalized spacial score (nSPS) is 49.8. The number of hydrogen-bond acceptors (Lipinski definition) is 3. The van der Waals surface area contributed by atoms with Gasteiger partial charge in [0.15, 0.2) is 0 Å². The predicted molar refractivity (Wildman–Crippen MR) is 96.8 cm³/mol. The van der Waals surface area contributed by atoms with Crippen LogP contribution in [0.4, 0.5) is 0 Å². The molecule has 1 heterocycles. The van der Waals surface area contributed by atoms with Crippen molar-refractivity contribution in [2.45, 2.75) is 83.3 Å². The van der Waals surface area contributed by atoms with Gasteiger partial charge in [0, 0.05) is 12.1 Å². The van der Waals surface area contributed by atoms with Gasteiger partial charge in [-0.1, -0.05) is 6.92 Å². The van der Waals surface area contributed by atoms with E-state index in [0.717, 1.165) is 38.1 Å². The topological polar surface area (TPSA) is 60.8 Å². The van der Waals surface area contributed by atoms with Crippen molar-refractivity contribution in [3.05, 3.63) is 0 Å². The highest BCUT2D eigenvalue weighted by Crippen LogP contribution is 2.63. The van der Waals surface area contributed by atoms with E-state index in [1.54, 1.807) is 0 Å². The molecule has 4 aliphatic rings. The van der Waals surface area contributed by atoms with Crippen LogP contribution in [0.5, 0.6) is 0 Å². The summed E-state index contributed by atoms with van der Waals surface area (Å²) in [5.74, 6) is 2.65. The van der Waals surface area contributed by atoms with Crippen molar-refractivity contribution in [1.82, 2.24) is 4.90 Å². The van der Waals surface area contributed by atoms with Crippen LogP contribution in [0.1, 0.15) is 71.6 Å². The third-order valence-electron chi connectivity index (χ3n) is 8.94. The molecule has 4 fully saturated rings. The lowest BCUT2D eigenvalue weighted by molar-refractivity contribution is -0.168. The smallest absolute Gasteiger partial charge is 0.248 e. The molecule has 4 rings (SSSR count). The first-order valence-corrected chi connectivity index (χ1v) is 10.5. The van der Waals surface area contributed by atoms with Crippen LogP contribution in [-0.2, 0) is 4.79 Å². The maximum absolute atomic E-state index is 12.4. The molecule has 0 bridgehead atoms. The van der Waals surface area contributed by atoms with Crippen LogP contribution in [0, 0.1) is 29.1 Å². The quantitative estimate of drug-likeness (QED) is 0.765. The molecule has 0 radical (unpaired) electrons. The lowest BCUT2D eigenvalue weighted by Gasteiger charge is -2.64. The first-order chi connectivity index (χ1) is 11.9. The molecule has 2 N–H and O–H groups in total. The second-order valence-corrected chi connectivity index (χ2v) is 9.83. The molecule has 3 aliphatic carbocycles. The van der Waals surface area contributed by atoms with Gasteiger partial charge in [-0.15, -0.1) is 0 Å². The molecule has 7 atom stereocenters. The van der Waals surface area contributed by atoms with Gasteiger partial charge in [-0.3, -0.25) is 4.79 Å². The lowest BCUT2D eigenvalue weighted by atomic mass is 9.45. The van der Waals surface area contributed by atoms with Gasteiger partial charge in [0.1, 0.15) is 6.61 Å². The summed E-state index contributed by atoms with van der Waals surface area (Å²) >= 11 is 0. The van der Waals surface area contributed by atoms with Crippen LogP contribution in [0.25, 0.3) is 0 Å². The molecule has 1 amide bonds. The Balaban J connectivity index is 1.61. The van der Waals surface area contributed by atoms with Gasteiger partial charge in [0.25, 0.3) is 0 Å². The fourth-order valence-corrected chi connectivity index (χ4v) is 7.62. The van der Waals surface area contributed by atoms with Crippen LogP contribution in [0.2, 0.25) is 0 Å². The predicted octanol–water partition coefficient (Wildman–Crippen LogP) is 2.96. The number of piperidine rings is 1. The Morgan fingerprint density at radius 2 is 1.88 bits per heavy atom. The Kier molecular flexibility index (Phi) is 4.43. The van der Waals surface area contributed by atoms with E-state index < -0.39 is 0 Å². The lowest BCUT2D eigenvalue weighted by Crippen LogP contribution is -2.65. The summed E-state index contributed by atoms with van der Waals surface area (Å²) in [6.07, 6.45) is 10.1. The third kappa shape index (κ3) is 2.58.